The predicted molar refractivity (Wildman–Crippen MR) is 105 cm³/mol. The maximum Gasteiger partial charge on any atom is 0.319 e. The first-order chi connectivity index (χ1) is 12.2. The third kappa shape index (κ3) is 4.67. The van der Waals surface area contributed by atoms with Crippen molar-refractivity contribution in [3.63, 3.8) is 0 Å². The van der Waals surface area contributed by atoms with E-state index >= 15 is 0 Å². The average molecular weight is 358 g/mol. The van der Waals surface area contributed by atoms with Gasteiger partial charge in [-0.15, -0.1) is 0 Å². The van der Waals surface area contributed by atoms with Crippen molar-refractivity contribution in [3.8, 4) is 0 Å². The number of nitrogens with zero attached hydrogens (tertiary/aromatic N) is 1. The first-order valence-electron chi connectivity index (χ1n) is 8.83. The molecule has 3 rings (SSSR count). The Morgan fingerprint density at radius 3 is 2.92 bits per heavy atom. The van der Waals surface area contributed by atoms with E-state index in [4.69, 9.17) is 11.6 Å². The number of urea groups is 1. The van der Waals surface area contributed by atoms with E-state index in [1.807, 2.05) is 12.1 Å². The van der Waals surface area contributed by atoms with E-state index in [-0.39, 0.29) is 6.03 Å². The van der Waals surface area contributed by atoms with Crippen LogP contribution < -0.4 is 15.5 Å². The third-order valence-electron chi connectivity index (χ3n) is 4.52. The van der Waals surface area contributed by atoms with Crippen molar-refractivity contribution >= 4 is 29.0 Å². The Balaban J connectivity index is 1.51. The predicted octanol–water partition coefficient (Wildman–Crippen LogP) is 4.48. The molecule has 0 fully saturated rings. The van der Waals surface area contributed by atoms with Crippen LogP contribution >= 0.6 is 11.6 Å². The molecule has 2 aromatic carbocycles. The molecule has 0 aliphatic carbocycles. The molecule has 1 aliphatic rings. The van der Waals surface area contributed by atoms with Crippen molar-refractivity contribution in [2.24, 2.45) is 0 Å². The highest BCUT2D eigenvalue weighted by Crippen LogP contribution is 2.27. The van der Waals surface area contributed by atoms with Crippen LogP contribution in [0.3, 0.4) is 0 Å². The van der Waals surface area contributed by atoms with Crippen molar-refractivity contribution in [1.82, 2.24) is 5.32 Å². The number of anilines is 2. The van der Waals surface area contributed by atoms with Crippen LogP contribution in [-0.2, 0) is 12.8 Å². The summed E-state index contributed by atoms with van der Waals surface area (Å²) in [6.45, 7) is 5.00. The fourth-order valence-corrected chi connectivity index (χ4v) is 3.46. The van der Waals surface area contributed by atoms with E-state index in [1.165, 1.54) is 23.2 Å². The second kappa shape index (κ2) is 8.26. The standard InChI is InChI=1S/C20H24ClN3O/c1-2-24-12-4-5-16-13-15(8-9-19(16)24)10-11-22-20(25)23-18-7-3-6-17(21)14-18/h3,6-9,13-14H,2,4-5,10-12H2,1H3,(H2,22,23,25). The summed E-state index contributed by atoms with van der Waals surface area (Å²) in [5.41, 5.74) is 4.75. The molecule has 132 valence electrons. The minimum atomic E-state index is -0.211. The summed E-state index contributed by atoms with van der Waals surface area (Å²) in [5, 5.41) is 6.29. The van der Waals surface area contributed by atoms with Crippen molar-refractivity contribution < 1.29 is 4.79 Å². The molecule has 4 nitrogen and oxygen atoms in total. The Morgan fingerprint density at radius 1 is 1.24 bits per heavy atom. The minimum Gasteiger partial charge on any atom is -0.372 e. The summed E-state index contributed by atoms with van der Waals surface area (Å²) in [7, 11) is 0. The van der Waals surface area contributed by atoms with Gasteiger partial charge in [-0.25, -0.2) is 4.79 Å². The molecule has 1 aliphatic heterocycles. The maximum atomic E-state index is 12.0. The van der Waals surface area contributed by atoms with Gasteiger partial charge < -0.3 is 15.5 Å². The van der Waals surface area contributed by atoms with Gasteiger partial charge in [-0.05, 0) is 61.6 Å². The Morgan fingerprint density at radius 2 is 2.12 bits per heavy atom. The van der Waals surface area contributed by atoms with Gasteiger partial charge in [0.25, 0.3) is 0 Å². The topological polar surface area (TPSA) is 44.4 Å². The molecule has 5 heteroatoms. The Bertz CT molecular complexity index is 747. The average Bonchev–Trinajstić information content (AvgIpc) is 2.61. The lowest BCUT2D eigenvalue weighted by Gasteiger charge is -2.30. The van der Waals surface area contributed by atoms with Crippen molar-refractivity contribution in [2.75, 3.05) is 29.9 Å². The first-order valence-corrected chi connectivity index (χ1v) is 9.20. The monoisotopic (exact) mass is 357 g/mol. The highest BCUT2D eigenvalue weighted by Gasteiger charge is 2.15. The molecule has 2 aromatic rings. The van der Waals surface area contributed by atoms with E-state index in [0.29, 0.717) is 17.3 Å². The van der Waals surface area contributed by atoms with Gasteiger partial charge in [-0.2, -0.15) is 0 Å². The van der Waals surface area contributed by atoms with Gasteiger partial charge in [-0.1, -0.05) is 29.8 Å². The SMILES string of the molecule is CCN1CCCc2cc(CCNC(=O)Nc3cccc(Cl)c3)ccc21. The first kappa shape index (κ1) is 17.6. The summed E-state index contributed by atoms with van der Waals surface area (Å²) < 4.78 is 0. The number of halogens is 1. The molecule has 25 heavy (non-hydrogen) atoms. The fourth-order valence-electron chi connectivity index (χ4n) is 3.27. The molecule has 0 radical (unpaired) electrons. The molecule has 0 atom stereocenters. The van der Waals surface area contributed by atoms with Crippen LogP contribution in [0.5, 0.6) is 0 Å². The van der Waals surface area contributed by atoms with Gasteiger partial charge in [0.1, 0.15) is 0 Å². The lowest BCUT2D eigenvalue weighted by Crippen LogP contribution is -2.30. The number of benzene rings is 2. The normalized spacial score (nSPS) is 13.3. The Hall–Kier alpha value is -2.20. The van der Waals surface area contributed by atoms with E-state index in [2.05, 4.69) is 40.7 Å². The van der Waals surface area contributed by atoms with E-state index in [0.717, 1.165) is 25.9 Å². The molecule has 2 N–H and O–H groups in total. The van der Waals surface area contributed by atoms with Crippen LogP contribution in [0.2, 0.25) is 5.02 Å². The second-order valence-corrected chi connectivity index (χ2v) is 6.72. The van der Waals surface area contributed by atoms with E-state index in [9.17, 15) is 4.79 Å². The van der Waals surface area contributed by atoms with Crippen LogP contribution in [-0.4, -0.2) is 25.7 Å². The summed E-state index contributed by atoms with van der Waals surface area (Å²) in [6, 6.07) is 13.6. The molecule has 0 spiro atoms. The molecular weight excluding hydrogens is 334 g/mol. The second-order valence-electron chi connectivity index (χ2n) is 6.29. The largest absolute Gasteiger partial charge is 0.372 e. The Kier molecular flexibility index (Phi) is 5.82. The van der Waals surface area contributed by atoms with E-state index < -0.39 is 0 Å². The van der Waals surface area contributed by atoms with Crippen LogP contribution in [0.15, 0.2) is 42.5 Å². The van der Waals surface area contributed by atoms with Crippen molar-refractivity contribution in [1.29, 1.82) is 0 Å². The summed E-state index contributed by atoms with van der Waals surface area (Å²) >= 11 is 5.92. The van der Waals surface area contributed by atoms with E-state index in [1.54, 1.807) is 12.1 Å². The van der Waals surface area contributed by atoms with Gasteiger partial charge in [0.15, 0.2) is 0 Å². The van der Waals surface area contributed by atoms with Gasteiger partial charge in [0, 0.05) is 36.0 Å². The number of aryl methyl sites for hydroxylation is 1. The fraction of sp³-hybridized carbons (Fsp3) is 0.350. The van der Waals surface area contributed by atoms with Crippen molar-refractivity contribution in [3.05, 3.63) is 58.6 Å². The highest BCUT2D eigenvalue weighted by atomic mass is 35.5. The van der Waals surface area contributed by atoms with Gasteiger partial charge >= 0.3 is 6.03 Å². The zero-order chi connectivity index (χ0) is 17.6. The lowest BCUT2D eigenvalue weighted by atomic mass is 9.98. The van der Waals surface area contributed by atoms with Gasteiger partial charge in [0.2, 0.25) is 0 Å². The van der Waals surface area contributed by atoms with Crippen LogP contribution in [0.1, 0.15) is 24.5 Å². The summed E-state index contributed by atoms with van der Waals surface area (Å²) in [5.74, 6) is 0. The summed E-state index contributed by atoms with van der Waals surface area (Å²) in [6.07, 6.45) is 3.18. The molecular formula is C20H24ClN3O. The Labute approximate surface area is 154 Å². The highest BCUT2D eigenvalue weighted by molar-refractivity contribution is 6.30. The zero-order valence-electron chi connectivity index (χ0n) is 14.5. The molecule has 1 heterocycles. The molecule has 0 saturated carbocycles. The third-order valence-corrected chi connectivity index (χ3v) is 4.76. The number of amides is 2. The van der Waals surface area contributed by atoms with Gasteiger partial charge in [0.05, 0.1) is 0 Å². The molecule has 0 aromatic heterocycles. The smallest absolute Gasteiger partial charge is 0.319 e. The number of fused-ring (bicyclic) bond motifs is 1. The maximum absolute atomic E-state index is 12.0. The molecule has 0 unspecified atom stereocenters. The van der Waals surface area contributed by atoms with Crippen LogP contribution in [0.4, 0.5) is 16.2 Å². The number of hydrogen-bond donors (Lipinski definition) is 2. The van der Waals surface area contributed by atoms with Gasteiger partial charge in [-0.3, -0.25) is 0 Å². The number of carbonyl (C=O) groups excluding carboxylic acids is 1. The lowest BCUT2D eigenvalue weighted by molar-refractivity contribution is 0.252. The quantitative estimate of drug-likeness (QED) is 0.828. The van der Waals surface area contributed by atoms with Crippen LogP contribution in [0.25, 0.3) is 0 Å². The van der Waals surface area contributed by atoms with Crippen LogP contribution in [0, 0.1) is 0 Å². The zero-order valence-corrected chi connectivity index (χ0v) is 15.3. The minimum absolute atomic E-state index is 0.211. The summed E-state index contributed by atoms with van der Waals surface area (Å²) in [4.78, 5) is 14.4. The number of hydrogen-bond acceptors (Lipinski definition) is 2. The molecule has 0 bridgehead atoms. The number of nitrogens with one attached hydrogen (secondary N) is 2. The number of rotatable bonds is 5. The van der Waals surface area contributed by atoms with Crippen molar-refractivity contribution in [2.45, 2.75) is 26.2 Å². The number of carbonyl (C=O) groups is 1. The molecule has 0 saturated heterocycles. The molecule has 2 amide bonds.